The van der Waals surface area contributed by atoms with Crippen LogP contribution in [0.15, 0.2) is 53.7 Å². The number of rotatable bonds is 4. The van der Waals surface area contributed by atoms with Gasteiger partial charge in [0.25, 0.3) is 5.91 Å². The number of guanidine groups is 1. The largest absolute Gasteiger partial charge is 0.367 e. The highest BCUT2D eigenvalue weighted by molar-refractivity contribution is 7.85. The van der Waals surface area contributed by atoms with E-state index in [1.54, 1.807) is 18.2 Å². The van der Waals surface area contributed by atoms with Crippen molar-refractivity contribution >= 4 is 43.4 Å². The summed E-state index contributed by atoms with van der Waals surface area (Å²) in [7, 11) is -3.82. The number of carbonyl (C=O) groups is 1. The van der Waals surface area contributed by atoms with E-state index in [1.807, 2.05) is 18.2 Å². The lowest BCUT2D eigenvalue weighted by molar-refractivity contribution is 0.0979. The summed E-state index contributed by atoms with van der Waals surface area (Å²) in [5, 5.41) is 6.21. The molecule has 1 heterocycles. The van der Waals surface area contributed by atoms with Gasteiger partial charge in [0.15, 0.2) is 0 Å². The molecule has 140 valence electrons. The molecule has 10 heteroatoms. The number of thiophene rings is 1. The standard InChI is InChI=1S/C17H14FN3O4S2/c1-27(23,24)25-21-17(19)20-16(22)15-9-13-12(3-2-4-14(13)26-15)10-5-7-11(18)8-6-10/h2-9H,1H3,(H3,19,20,21,22). The average molecular weight is 407 g/mol. The second kappa shape index (κ2) is 7.33. The van der Waals surface area contributed by atoms with Crippen molar-refractivity contribution in [2.45, 2.75) is 0 Å². The molecule has 7 nitrogen and oxygen atoms in total. The zero-order valence-corrected chi connectivity index (χ0v) is 15.6. The van der Waals surface area contributed by atoms with Crippen LogP contribution in [0.1, 0.15) is 9.67 Å². The molecule has 0 unspecified atom stereocenters. The summed E-state index contributed by atoms with van der Waals surface area (Å²) < 4.78 is 39.9. The highest BCUT2D eigenvalue weighted by atomic mass is 32.2. The summed E-state index contributed by atoms with van der Waals surface area (Å²) in [6, 6.07) is 13.3. The van der Waals surface area contributed by atoms with E-state index in [0.29, 0.717) is 4.88 Å². The fraction of sp³-hybridized carbons (Fsp3) is 0.0588. The predicted octanol–water partition coefficient (Wildman–Crippen LogP) is 2.64. The number of hydrogen-bond acceptors (Lipinski definition) is 6. The van der Waals surface area contributed by atoms with Crippen LogP contribution >= 0.6 is 11.3 Å². The first-order valence-electron chi connectivity index (χ1n) is 7.55. The van der Waals surface area contributed by atoms with Crippen molar-refractivity contribution in [3.05, 3.63) is 59.2 Å². The van der Waals surface area contributed by atoms with Crippen LogP contribution in [0.2, 0.25) is 0 Å². The van der Waals surface area contributed by atoms with Gasteiger partial charge >= 0.3 is 10.1 Å². The third-order valence-corrected chi connectivity index (χ3v) is 4.90. The quantitative estimate of drug-likeness (QED) is 0.392. The van der Waals surface area contributed by atoms with Crippen molar-refractivity contribution in [3.8, 4) is 11.1 Å². The van der Waals surface area contributed by atoms with E-state index in [0.717, 1.165) is 27.5 Å². The lowest BCUT2D eigenvalue weighted by Crippen LogP contribution is -2.36. The number of amides is 1. The topological polar surface area (TPSA) is 111 Å². The number of nitrogens with zero attached hydrogens (tertiary/aromatic N) is 1. The Balaban J connectivity index is 1.89. The van der Waals surface area contributed by atoms with Crippen LogP contribution in [0.4, 0.5) is 4.39 Å². The van der Waals surface area contributed by atoms with Gasteiger partial charge < -0.3 is 5.73 Å². The van der Waals surface area contributed by atoms with Crippen LogP contribution in [0.3, 0.4) is 0 Å². The first-order valence-corrected chi connectivity index (χ1v) is 10.2. The Hall–Kier alpha value is -2.98. The zero-order valence-electron chi connectivity index (χ0n) is 14.0. The number of fused-ring (bicyclic) bond motifs is 1. The van der Waals surface area contributed by atoms with Crippen molar-refractivity contribution in [1.82, 2.24) is 5.32 Å². The van der Waals surface area contributed by atoms with Gasteiger partial charge in [-0.25, -0.2) is 4.39 Å². The Bertz CT molecular complexity index is 1140. The normalized spacial score (nSPS) is 12.1. The molecule has 3 aromatic rings. The van der Waals surface area contributed by atoms with Crippen LogP contribution in [0, 0.1) is 5.82 Å². The Labute approximate surface area is 158 Å². The van der Waals surface area contributed by atoms with Gasteiger partial charge in [0, 0.05) is 10.1 Å². The maximum Gasteiger partial charge on any atom is 0.325 e. The summed E-state index contributed by atoms with van der Waals surface area (Å²) in [6.45, 7) is 0. The Morgan fingerprint density at radius 3 is 2.59 bits per heavy atom. The van der Waals surface area contributed by atoms with Gasteiger partial charge in [0.05, 0.1) is 11.1 Å². The van der Waals surface area contributed by atoms with E-state index in [1.165, 1.54) is 23.5 Å². The lowest BCUT2D eigenvalue weighted by atomic mass is 10.0. The third kappa shape index (κ3) is 4.60. The molecule has 27 heavy (non-hydrogen) atoms. The van der Waals surface area contributed by atoms with E-state index in [2.05, 4.69) is 14.8 Å². The Morgan fingerprint density at radius 1 is 1.22 bits per heavy atom. The van der Waals surface area contributed by atoms with Gasteiger partial charge in [-0.15, -0.1) is 11.3 Å². The number of carbonyl (C=O) groups excluding carboxylic acids is 1. The molecule has 2 aromatic carbocycles. The van der Waals surface area contributed by atoms with Crippen LogP contribution in [0.5, 0.6) is 0 Å². The SMILES string of the molecule is CS(=O)(=O)ON=C(N)NC(=O)c1cc2c(-c3ccc(F)cc3)cccc2s1. The lowest BCUT2D eigenvalue weighted by Gasteiger charge is -2.03. The van der Waals surface area contributed by atoms with Crippen molar-refractivity contribution in [3.63, 3.8) is 0 Å². The molecule has 3 N–H and O–H groups in total. The molecule has 0 aliphatic rings. The summed E-state index contributed by atoms with van der Waals surface area (Å²) in [5.74, 6) is -1.37. The molecule has 0 saturated carbocycles. The highest BCUT2D eigenvalue weighted by Crippen LogP contribution is 2.34. The van der Waals surface area contributed by atoms with Gasteiger partial charge in [-0.2, -0.15) is 8.42 Å². The van der Waals surface area contributed by atoms with E-state index >= 15 is 0 Å². The van der Waals surface area contributed by atoms with Crippen LogP contribution in [0.25, 0.3) is 21.2 Å². The molecule has 0 spiro atoms. The summed E-state index contributed by atoms with van der Waals surface area (Å²) in [5.41, 5.74) is 7.11. The van der Waals surface area contributed by atoms with E-state index < -0.39 is 22.0 Å². The molecule has 0 atom stereocenters. The first-order chi connectivity index (χ1) is 12.7. The molecule has 1 aromatic heterocycles. The molecular weight excluding hydrogens is 393 g/mol. The van der Waals surface area contributed by atoms with Gasteiger partial charge in [-0.1, -0.05) is 24.3 Å². The monoisotopic (exact) mass is 407 g/mol. The molecule has 0 saturated heterocycles. The van der Waals surface area contributed by atoms with Gasteiger partial charge in [-0.05, 0) is 40.5 Å². The smallest absolute Gasteiger partial charge is 0.325 e. The predicted molar refractivity (Wildman–Crippen MR) is 102 cm³/mol. The number of oxime groups is 1. The highest BCUT2D eigenvalue weighted by Gasteiger charge is 2.14. The van der Waals surface area contributed by atoms with Crippen molar-refractivity contribution in [2.75, 3.05) is 6.26 Å². The summed E-state index contributed by atoms with van der Waals surface area (Å²) in [4.78, 5) is 12.7. The number of nitrogens with one attached hydrogen (secondary N) is 1. The second-order valence-electron chi connectivity index (χ2n) is 5.54. The zero-order chi connectivity index (χ0) is 19.6. The minimum absolute atomic E-state index is 0.331. The number of nitrogens with two attached hydrogens (primary N) is 1. The van der Waals surface area contributed by atoms with Crippen LogP contribution < -0.4 is 11.1 Å². The maximum absolute atomic E-state index is 13.2. The van der Waals surface area contributed by atoms with Crippen LogP contribution in [-0.4, -0.2) is 26.5 Å². The van der Waals surface area contributed by atoms with Crippen molar-refractivity contribution < 1.29 is 21.9 Å². The Kier molecular flexibility index (Phi) is 5.10. The van der Waals surface area contributed by atoms with Gasteiger partial charge in [0.1, 0.15) is 5.82 Å². The molecule has 0 fully saturated rings. The summed E-state index contributed by atoms with van der Waals surface area (Å²) in [6.07, 6.45) is 0.800. The molecule has 0 bridgehead atoms. The fourth-order valence-electron chi connectivity index (χ4n) is 2.36. The van der Waals surface area contributed by atoms with Crippen molar-refractivity contribution in [1.29, 1.82) is 0 Å². The van der Waals surface area contributed by atoms with Gasteiger partial charge in [0.2, 0.25) is 5.96 Å². The van der Waals surface area contributed by atoms with Gasteiger partial charge in [-0.3, -0.25) is 14.4 Å². The Morgan fingerprint density at radius 2 is 1.93 bits per heavy atom. The molecule has 3 rings (SSSR count). The number of hydrogen-bond donors (Lipinski definition) is 2. The number of benzene rings is 2. The van der Waals surface area contributed by atoms with Crippen molar-refractivity contribution in [2.24, 2.45) is 10.9 Å². The first kappa shape index (κ1) is 18.8. The fourth-order valence-corrected chi connectivity index (χ4v) is 3.56. The molecule has 1 amide bonds. The number of halogens is 1. The van der Waals surface area contributed by atoms with E-state index in [9.17, 15) is 17.6 Å². The molecule has 0 radical (unpaired) electrons. The van der Waals surface area contributed by atoms with E-state index in [4.69, 9.17) is 5.73 Å². The summed E-state index contributed by atoms with van der Waals surface area (Å²) >= 11 is 1.23. The molecular formula is C17H14FN3O4S2. The molecule has 0 aliphatic heterocycles. The minimum Gasteiger partial charge on any atom is -0.367 e. The second-order valence-corrected chi connectivity index (χ2v) is 8.19. The minimum atomic E-state index is -3.82. The van der Waals surface area contributed by atoms with Crippen LogP contribution in [-0.2, 0) is 14.4 Å². The average Bonchev–Trinajstić information content (AvgIpc) is 3.04. The third-order valence-electron chi connectivity index (χ3n) is 3.45. The van der Waals surface area contributed by atoms with E-state index in [-0.39, 0.29) is 5.82 Å². The molecule has 0 aliphatic carbocycles. The maximum atomic E-state index is 13.2.